The highest BCUT2D eigenvalue weighted by atomic mass is 35.5. The molecule has 0 aliphatic carbocycles. The largest absolute Gasteiger partial charge is 0.349 e. The third kappa shape index (κ3) is 3.27. The number of nitrogens with one attached hydrogen (secondary N) is 2. The Labute approximate surface area is 131 Å². The number of halogens is 3. The summed E-state index contributed by atoms with van der Waals surface area (Å²) in [5, 5.41) is 9.09. The Morgan fingerprint density at radius 2 is 2.09 bits per heavy atom. The second kappa shape index (κ2) is 6.44. The smallest absolute Gasteiger partial charge is 0.225 e. The molecule has 0 aliphatic heterocycles. The van der Waals surface area contributed by atoms with Gasteiger partial charge in [0, 0.05) is 11.3 Å². The van der Waals surface area contributed by atoms with Gasteiger partial charge in [0.2, 0.25) is 5.91 Å². The molecule has 0 spiro atoms. The molecule has 118 valence electrons. The second-order valence-corrected chi connectivity index (χ2v) is 5.53. The van der Waals surface area contributed by atoms with Crippen molar-refractivity contribution in [2.45, 2.75) is 33.2 Å². The van der Waals surface area contributed by atoms with E-state index in [1.54, 1.807) is 0 Å². The molecule has 0 bridgehead atoms. The molecule has 4 nitrogen and oxygen atoms in total. The Bertz CT molecular complexity index is 696. The van der Waals surface area contributed by atoms with E-state index in [-0.39, 0.29) is 23.9 Å². The number of hydrogen-bond donors (Lipinski definition) is 2. The molecule has 0 radical (unpaired) electrons. The first kappa shape index (κ1) is 16.4. The maximum absolute atomic E-state index is 13.8. The zero-order valence-corrected chi connectivity index (χ0v) is 13.2. The SMILES string of the molecule is Cc1n[nH]c(C)c1[C@@H](C)NC(=O)Cc1ccc(F)c(Cl)c1F. The van der Waals surface area contributed by atoms with E-state index in [9.17, 15) is 13.6 Å². The maximum Gasteiger partial charge on any atom is 0.225 e. The van der Waals surface area contributed by atoms with Gasteiger partial charge < -0.3 is 5.32 Å². The number of benzene rings is 1. The van der Waals surface area contributed by atoms with Crippen LogP contribution in [0, 0.1) is 25.5 Å². The van der Waals surface area contributed by atoms with Crippen LogP contribution < -0.4 is 5.32 Å². The number of aromatic amines is 1. The van der Waals surface area contributed by atoms with Gasteiger partial charge >= 0.3 is 0 Å². The Kier molecular flexibility index (Phi) is 4.81. The van der Waals surface area contributed by atoms with Gasteiger partial charge in [0.15, 0.2) is 0 Å². The van der Waals surface area contributed by atoms with Crippen molar-refractivity contribution < 1.29 is 13.6 Å². The summed E-state index contributed by atoms with van der Waals surface area (Å²) in [5.41, 5.74) is 2.60. The molecule has 1 aromatic heterocycles. The zero-order chi connectivity index (χ0) is 16.4. The predicted molar refractivity (Wildman–Crippen MR) is 79.7 cm³/mol. The highest BCUT2D eigenvalue weighted by Crippen LogP contribution is 2.23. The maximum atomic E-state index is 13.8. The lowest BCUT2D eigenvalue weighted by molar-refractivity contribution is -0.121. The average Bonchev–Trinajstić information content (AvgIpc) is 2.79. The quantitative estimate of drug-likeness (QED) is 0.846. The number of aryl methyl sites for hydroxylation is 2. The molecule has 7 heteroatoms. The summed E-state index contributed by atoms with van der Waals surface area (Å²) in [4.78, 5) is 12.0. The first-order valence-electron chi connectivity index (χ1n) is 6.74. The summed E-state index contributed by atoms with van der Waals surface area (Å²) in [6.07, 6.45) is -0.216. The monoisotopic (exact) mass is 327 g/mol. The molecule has 0 saturated carbocycles. The number of rotatable bonds is 4. The van der Waals surface area contributed by atoms with Crippen molar-refractivity contribution in [3.05, 3.63) is 51.3 Å². The third-order valence-electron chi connectivity index (χ3n) is 3.46. The highest BCUT2D eigenvalue weighted by Gasteiger charge is 2.19. The van der Waals surface area contributed by atoms with E-state index >= 15 is 0 Å². The van der Waals surface area contributed by atoms with Crippen LogP contribution >= 0.6 is 11.6 Å². The molecule has 0 aliphatic rings. The molecule has 1 amide bonds. The van der Waals surface area contributed by atoms with Gasteiger partial charge in [-0.3, -0.25) is 9.89 Å². The number of aromatic nitrogens is 2. The van der Waals surface area contributed by atoms with Crippen molar-refractivity contribution in [1.82, 2.24) is 15.5 Å². The molecule has 2 N–H and O–H groups in total. The summed E-state index contributed by atoms with van der Waals surface area (Å²) in [6, 6.07) is 1.99. The number of nitrogens with zero attached hydrogens (tertiary/aromatic N) is 1. The Balaban J connectivity index is 2.09. The summed E-state index contributed by atoms with van der Waals surface area (Å²) < 4.78 is 26.9. The Morgan fingerprint density at radius 3 is 2.68 bits per heavy atom. The van der Waals surface area contributed by atoms with Gasteiger partial charge in [-0.25, -0.2) is 8.78 Å². The number of hydrogen-bond acceptors (Lipinski definition) is 2. The average molecular weight is 328 g/mol. The molecule has 22 heavy (non-hydrogen) atoms. The van der Waals surface area contributed by atoms with E-state index in [4.69, 9.17) is 11.6 Å². The van der Waals surface area contributed by atoms with Crippen molar-refractivity contribution in [2.75, 3.05) is 0 Å². The van der Waals surface area contributed by atoms with Crippen LogP contribution in [-0.2, 0) is 11.2 Å². The molecule has 1 atom stereocenters. The van der Waals surface area contributed by atoms with Gasteiger partial charge in [-0.05, 0) is 32.4 Å². The zero-order valence-electron chi connectivity index (χ0n) is 12.4. The summed E-state index contributed by atoms with van der Waals surface area (Å²) >= 11 is 5.50. The second-order valence-electron chi connectivity index (χ2n) is 5.15. The van der Waals surface area contributed by atoms with Crippen LogP contribution in [0.1, 0.15) is 35.5 Å². The fourth-order valence-electron chi connectivity index (χ4n) is 2.44. The van der Waals surface area contributed by atoms with E-state index in [2.05, 4.69) is 15.5 Å². The van der Waals surface area contributed by atoms with E-state index in [1.807, 2.05) is 20.8 Å². The predicted octanol–water partition coefficient (Wildman–Crippen LogP) is 3.38. The van der Waals surface area contributed by atoms with Gasteiger partial charge in [0.1, 0.15) is 16.7 Å². The van der Waals surface area contributed by atoms with Crippen LogP contribution in [0.2, 0.25) is 5.02 Å². The van der Waals surface area contributed by atoms with Gasteiger partial charge in [-0.2, -0.15) is 5.10 Å². The lowest BCUT2D eigenvalue weighted by Gasteiger charge is -2.15. The molecule has 2 rings (SSSR count). The fraction of sp³-hybridized carbons (Fsp3) is 0.333. The number of carbonyl (C=O) groups excluding carboxylic acids is 1. The number of carbonyl (C=O) groups is 1. The van der Waals surface area contributed by atoms with Gasteiger partial charge in [0.25, 0.3) is 0 Å². The molecular formula is C15H16ClF2N3O. The lowest BCUT2D eigenvalue weighted by atomic mass is 10.1. The first-order valence-corrected chi connectivity index (χ1v) is 7.12. The Morgan fingerprint density at radius 1 is 1.41 bits per heavy atom. The Hall–Kier alpha value is -1.95. The normalized spacial score (nSPS) is 12.3. The van der Waals surface area contributed by atoms with Crippen molar-refractivity contribution in [1.29, 1.82) is 0 Å². The standard InChI is InChI=1S/C15H16ClF2N3O/c1-7(13-8(2)20-21-9(13)3)19-12(22)6-10-4-5-11(17)14(16)15(10)18/h4-5,7H,6H2,1-3H3,(H,19,22)(H,20,21)/t7-/m1/s1. The minimum Gasteiger partial charge on any atom is -0.349 e. The number of H-pyrrole nitrogens is 1. The summed E-state index contributed by atoms with van der Waals surface area (Å²) in [7, 11) is 0. The van der Waals surface area contributed by atoms with Crippen LogP contribution in [0.15, 0.2) is 12.1 Å². The fourth-order valence-corrected chi connectivity index (χ4v) is 2.62. The summed E-state index contributed by atoms with van der Waals surface area (Å²) in [5.74, 6) is -2.13. The van der Waals surface area contributed by atoms with Gasteiger partial charge in [-0.1, -0.05) is 17.7 Å². The van der Waals surface area contributed by atoms with Crippen molar-refractivity contribution in [2.24, 2.45) is 0 Å². The number of amides is 1. The molecule has 0 saturated heterocycles. The minimum absolute atomic E-state index is 0.0525. The molecule has 0 unspecified atom stereocenters. The summed E-state index contributed by atoms with van der Waals surface area (Å²) in [6.45, 7) is 5.51. The topological polar surface area (TPSA) is 57.8 Å². The van der Waals surface area contributed by atoms with Crippen molar-refractivity contribution in [3.8, 4) is 0 Å². The van der Waals surface area contributed by atoms with E-state index in [0.29, 0.717) is 0 Å². The van der Waals surface area contributed by atoms with Crippen LogP contribution in [0.25, 0.3) is 0 Å². The van der Waals surface area contributed by atoms with Crippen LogP contribution in [0.4, 0.5) is 8.78 Å². The van der Waals surface area contributed by atoms with Crippen LogP contribution in [0.5, 0.6) is 0 Å². The van der Waals surface area contributed by atoms with Gasteiger partial charge in [0.05, 0.1) is 18.2 Å². The molecular weight excluding hydrogens is 312 g/mol. The van der Waals surface area contributed by atoms with Crippen LogP contribution in [0.3, 0.4) is 0 Å². The molecule has 2 aromatic rings. The molecule has 1 aromatic carbocycles. The third-order valence-corrected chi connectivity index (χ3v) is 3.81. The molecule has 0 fully saturated rings. The van der Waals surface area contributed by atoms with E-state index in [1.165, 1.54) is 6.07 Å². The van der Waals surface area contributed by atoms with Gasteiger partial charge in [-0.15, -0.1) is 0 Å². The van der Waals surface area contributed by atoms with E-state index in [0.717, 1.165) is 23.0 Å². The minimum atomic E-state index is -0.903. The van der Waals surface area contributed by atoms with Crippen molar-refractivity contribution >= 4 is 17.5 Å². The highest BCUT2D eigenvalue weighted by molar-refractivity contribution is 6.31. The lowest BCUT2D eigenvalue weighted by Crippen LogP contribution is -2.29. The first-order chi connectivity index (χ1) is 10.3. The molecule has 1 heterocycles. The van der Waals surface area contributed by atoms with Crippen molar-refractivity contribution in [3.63, 3.8) is 0 Å². The van der Waals surface area contributed by atoms with E-state index < -0.39 is 16.7 Å². The van der Waals surface area contributed by atoms with Crippen LogP contribution in [-0.4, -0.2) is 16.1 Å².